The highest BCUT2D eigenvalue weighted by Crippen LogP contribution is 2.45. The molecule has 2 aromatic rings. The second-order valence-corrected chi connectivity index (χ2v) is 31.9. The lowest BCUT2D eigenvalue weighted by Crippen LogP contribution is -2.44. The van der Waals surface area contributed by atoms with Crippen molar-refractivity contribution >= 4 is 20.5 Å². The van der Waals surface area contributed by atoms with E-state index >= 15 is 0 Å². The predicted molar refractivity (Wildman–Crippen MR) is 344 cm³/mol. The van der Waals surface area contributed by atoms with Gasteiger partial charge in [-0.1, -0.05) is 314 Å². The van der Waals surface area contributed by atoms with Gasteiger partial charge in [0.2, 0.25) is 0 Å². The van der Waals surface area contributed by atoms with E-state index in [2.05, 4.69) is 134 Å². The molecule has 0 aliphatic rings. The molecule has 0 heterocycles. The minimum Gasteiger partial charge on any atom is -0.512 e. The van der Waals surface area contributed by atoms with Crippen LogP contribution in [0.25, 0.3) is 0 Å². The summed E-state index contributed by atoms with van der Waals surface area (Å²) in [7, 11) is -2.97. The molecule has 6 nitrogen and oxygen atoms in total. The van der Waals surface area contributed by atoms with Crippen LogP contribution in [0, 0.1) is 0 Å². The van der Waals surface area contributed by atoms with Crippen molar-refractivity contribution in [1.82, 2.24) is 0 Å². The smallest absolute Gasteiger partial charge is 0.454 e. The molecule has 0 aliphatic carbocycles. The van der Waals surface area contributed by atoms with E-state index in [1.807, 2.05) is 0 Å². The third-order valence-electron chi connectivity index (χ3n) is 16.0. The maximum absolute atomic E-state index is 13.1. The van der Waals surface area contributed by atoms with Gasteiger partial charge in [-0.25, -0.2) is 0 Å². The van der Waals surface area contributed by atoms with Crippen molar-refractivity contribution in [2.75, 3.05) is 13.2 Å². The summed E-state index contributed by atoms with van der Waals surface area (Å²) in [5.41, 5.74) is 5.86. The molecule has 0 fully saturated rings. The number of ether oxygens (including phenoxy) is 2. The predicted octanol–water partition coefficient (Wildman–Crippen LogP) is 22.5. The molecule has 0 N–H and O–H groups in total. The van der Waals surface area contributed by atoms with Crippen LogP contribution in [-0.2, 0) is 53.6 Å². The van der Waals surface area contributed by atoms with Gasteiger partial charge < -0.3 is 18.3 Å². The van der Waals surface area contributed by atoms with Gasteiger partial charge >= 0.3 is 20.5 Å². The van der Waals surface area contributed by atoms with Gasteiger partial charge in [-0.3, -0.25) is 9.59 Å². The van der Waals surface area contributed by atoms with E-state index in [-0.39, 0.29) is 33.6 Å². The lowest BCUT2D eigenvalue weighted by Gasteiger charge is -2.37. The van der Waals surface area contributed by atoms with Crippen molar-refractivity contribution in [2.45, 2.75) is 363 Å². The number of unbranched alkanes of at least 4 members (excludes halogenated alkanes) is 30. The van der Waals surface area contributed by atoms with Gasteiger partial charge in [-0.2, -0.15) is 0 Å². The summed E-state index contributed by atoms with van der Waals surface area (Å²) in [6.45, 7) is 36.9. The number of benzene rings is 2. The summed E-state index contributed by atoms with van der Waals surface area (Å²) in [5, 5.41) is 0. The average molecular weight is 1120 g/mol. The van der Waals surface area contributed by atoms with Gasteiger partial charge in [0.05, 0.1) is 13.2 Å². The first-order valence-electron chi connectivity index (χ1n) is 33.3. The Bertz CT molecular complexity index is 1730. The lowest BCUT2D eigenvalue weighted by atomic mass is 9.78. The molecule has 0 spiro atoms. The van der Waals surface area contributed by atoms with E-state index in [1.54, 1.807) is 0 Å². The molecule has 0 amide bonds. The van der Waals surface area contributed by atoms with Crippen LogP contribution in [0.15, 0.2) is 24.3 Å². The fourth-order valence-electron chi connectivity index (χ4n) is 10.9. The Morgan fingerprint density at radius 3 is 0.747 bits per heavy atom. The highest BCUT2D eigenvalue weighted by atomic mass is 28.4. The molecule has 0 radical (unpaired) electrons. The molecule has 0 aliphatic heterocycles. The Morgan fingerprint density at radius 2 is 0.544 bits per heavy atom. The van der Waals surface area contributed by atoms with Crippen molar-refractivity contribution in [3.63, 3.8) is 0 Å². The Morgan fingerprint density at radius 1 is 0.342 bits per heavy atom. The monoisotopic (exact) mass is 1120 g/mol. The normalized spacial score (nSPS) is 12.6. The van der Waals surface area contributed by atoms with Crippen molar-refractivity contribution < 1.29 is 27.9 Å². The molecule has 0 aromatic heterocycles. The molecule has 456 valence electrons. The second-order valence-electron chi connectivity index (χ2n) is 28.7. The van der Waals surface area contributed by atoms with Crippen molar-refractivity contribution in [3.05, 3.63) is 57.6 Å². The first-order valence-corrected chi connectivity index (χ1v) is 36.2. The van der Waals surface area contributed by atoms with Crippen LogP contribution in [0.2, 0.25) is 13.1 Å². The molecule has 0 saturated carbocycles. The maximum Gasteiger partial charge on any atom is 0.454 e. The number of carbonyl (C=O) groups excluding carboxylic acids is 2. The number of rotatable bonds is 44. The minimum atomic E-state index is -2.97. The number of carbonyl (C=O) groups is 2. The van der Waals surface area contributed by atoms with Crippen molar-refractivity contribution in [2.24, 2.45) is 0 Å². The summed E-state index contributed by atoms with van der Waals surface area (Å²) in [4.78, 5) is 26.2. The highest BCUT2D eigenvalue weighted by Gasteiger charge is 2.39. The number of hydrogen-bond donors (Lipinski definition) is 0. The number of aryl methyl sites for hydroxylation is 2. The summed E-state index contributed by atoms with van der Waals surface area (Å²) < 4.78 is 26.3. The minimum absolute atomic E-state index is 0.117. The second kappa shape index (κ2) is 38.9. The molecule has 2 rings (SSSR count). The zero-order chi connectivity index (χ0) is 58.8. The number of hydrogen-bond acceptors (Lipinski definition) is 6. The standard InChI is InChI=1S/C72H128O6Si/c1-17-19-21-23-25-27-29-31-33-35-37-39-41-43-45-47-53-75-65(73)51-49-59-55-61(69(3,4)5)67(62(56-59)70(6,7)8)77-79(15,16)78-68-63(71(9,10)11)57-60(58-64(68)72(12,13)14)50-52-66(74)76-54-48-46-44-42-40-38-36-34-32-30-28-26-24-22-20-18-2/h55-58H,17-54H2,1-16H3. The first-order chi connectivity index (χ1) is 37.3. The largest absolute Gasteiger partial charge is 0.512 e. The van der Waals surface area contributed by atoms with Crippen LogP contribution in [0.4, 0.5) is 0 Å². The number of esters is 2. The van der Waals surface area contributed by atoms with E-state index in [0.29, 0.717) is 38.9 Å². The van der Waals surface area contributed by atoms with Crippen LogP contribution >= 0.6 is 0 Å². The average Bonchev–Trinajstić information content (AvgIpc) is 3.55. The summed E-state index contributed by atoms with van der Waals surface area (Å²) in [6, 6.07) is 9.06. The van der Waals surface area contributed by atoms with Gasteiger partial charge in [0.25, 0.3) is 0 Å². The fraction of sp³-hybridized carbons (Fsp3) is 0.806. The van der Waals surface area contributed by atoms with Crippen LogP contribution in [0.1, 0.15) is 349 Å². The van der Waals surface area contributed by atoms with Crippen LogP contribution < -0.4 is 8.85 Å². The van der Waals surface area contributed by atoms with Gasteiger partial charge in [-0.15, -0.1) is 0 Å². The van der Waals surface area contributed by atoms with Gasteiger partial charge in [-0.05, 0) is 80.7 Å². The molecular formula is C72H128O6Si. The van der Waals surface area contributed by atoms with E-state index < -0.39 is 8.56 Å². The van der Waals surface area contributed by atoms with E-state index in [9.17, 15) is 9.59 Å². The summed E-state index contributed by atoms with van der Waals surface area (Å²) in [6.07, 6.45) is 44.4. The van der Waals surface area contributed by atoms with E-state index in [1.165, 1.54) is 180 Å². The quantitative estimate of drug-likeness (QED) is 0.0374. The van der Waals surface area contributed by atoms with Gasteiger partial charge in [0, 0.05) is 25.9 Å². The Labute approximate surface area is 491 Å². The molecule has 0 bridgehead atoms. The topological polar surface area (TPSA) is 71.1 Å². The zero-order valence-corrected chi connectivity index (χ0v) is 56.1. The molecule has 2 aromatic carbocycles. The summed E-state index contributed by atoms with van der Waals surface area (Å²) in [5.74, 6) is 1.56. The molecule has 79 heavy (non-hydrogen) atoms. The Hall–Kier alpha value is -2.80. The molecule has 0 saturated heterocycles. The van der Waals surface area contributed by atoms with E-state index in [0.717, 1.165) is 70.6 Å². The Balaban J connectivity index is 2.00. The maximum atomic E-state index is 13.1. The first kappa shape index (κ1) is 72.3. The van der Waals surface area contributed by atoms with E-state index in [4.69, 9.17) is 18.3 Å². The molecule has 7 heteroatoms. The van der Waals surface area contributed by atoms with Crippen LogP contribution in [0.3, 0.4) is 0 Å². The van der Waals surface area contributed by atoms with Crippen molar-refractivity contribution in [3.8, 4) is 11.5 Å². The zero-order valence-electron chi connectivity index (χ0n) is 55.1. The fourth-order valence-corrected chi connectivity index (χ4v) is 12.4. The van der Waals surface area contributed by atoms with Gasteiger partial charge in [0.15, 0.2) is 0 Å². The third kappa shape index (κ3) is 32.6. The van der Waals surface area contributed by atoms with Crippen LogP contribution in [-0.4, -0.2) is 33.7 Å². The highest BCUT2D eigenvalue weighted by molar-refractivity contribution is 6.66. The third-order valence-corrected chi connectivity index (χ3v) is 17.4. The molecule has 0 atom stereocenters. The molecule has 0 unspecified atom stereocenters. The van der Waals surface area contributed by atoms with Crippen LogP contribution in [0.5, 0.6) is 11.5 Å². The SMILES string of the molecule is CCCCCCCCCCCCCCCCCCOC(=O)CCc1cc(C(C)(C)C)c(O[Si](C)(C)Oc2c(C(C)(C)C)cc(CCC(=O)OCCCCCCCCCCCCCCCCCC)cc2C(C)(C)C)c(C(C)(C)C)c1. The molecular weight excluding hydrogens is 989 g/mol. The Kier molecular flexibility index (Phi) is 35.6. The lowest BCUT2D eigenvalue weighted by molar-refractivity contribution is -0.144. The van der Waals surface area contributed by atoms with Crippen molar-refractivity contribution in [1.29, 1.82) is 0 Å². The summed E-state index contributed by atoms with van der Waals surface area (Å²) >= 11 is 0. The van der Waals surface area contributed by atoms with Gasteiger partial charge in [0.1, 0.15) is 11.5 Å².